The van der Waals surface area contributed by atoms with E-state index in [0.717, 1.165) is 17.5 Å². The summed E-state index contributed by atoms with van der Waals surface area (Å²) < 4.78 is 45.5. The number of anilines is 1. The molecule has 1 unspecified atom stereocenters. The number of tetrazole rings is 1. The molecule has 12 nitrogen and oxygen atoms in total. The summed E-state index contributed by atoms with van der Waals surface area (Å²) in [6.45, 7) is 2.24. The van der Waals surface area contributed by atoms with Crippen molar-refractivity contribution in [2.24, 2.45) is 0 Å². The maximum absolute atomic E-state index is 13.7. The predicted octanol–water partition coefficient (Wildman–Crippen LogP) is 4.10. The number of carbonyl (C=O) groups excluding carboxylic acids is 2. The summed E-state index contributed by atoms with van der Waals surface area (Å²) in [6, 6.07) is 7.44. The van der Waals surface area contributed by atoms with E-state index in [1.807, 2.05) is 0 Å². The number of rotatable bonds is 8. The molecule has 2 amide bonds. The molecule has 4 heterocycles. The number of aryl methyl sites for hydroxylation is 1. The number of hydrogen-bond donors (Lipinski definition) is 2. The van der Waals surface area contributed by atoms with Crippen LogP contribution in [0.25, 0.3) is 5.82 Å². The van der Waals surface area contributed by atoms with Crippen molar-refractivity contribution >= 4 is 40.7 Å². The molecule has 17 heteroatoms. The molecule has 0 spiro atoms. The Balaban J connectivity index is 1.46. The van der Waals surface area contributed by atoms with Crippen LogP contribution in [0.2, 0.25) is 10.0 Å². The zero-order valence-corrected chi connectivity index (χ0v) is 23.3. The average Bonchev–Trinajstić information content (AvgIpc) is 3.70. The number of halogens is 5. The van der Waals surface area contributed by atoms with Gasteiger partial charge in [-0.15, -0.1) is 10.2 Å². The number of pyridine rings is 1. The van der Waals surface area contributed by atoms with E-state index in [1.54, 1.807) is 19.1 Å². The minimum Gasteiger partial charge on any atom is -0.376 e. The fourth-order valence-corrected chi connectivity index (χ4v) is 4.78. The van der Waals surface area contributed by atoms with Gasteiger partial charge >= 0.3 is 6.18 Å². The van der Waals surface area contributed by atoms with Crippen molar-refractivity contribution < 1.29 is 27.5 Å². The van der Waals surface area contributed by atoms with Crippen LogP contribution in [0.15, 0.2) is 36.5 Å². The van der Waals surface area contributed by atoms with Crippen molar-refractivity contribution in [3.05, 3.63) is 74.9 Å². The summed E-state index contributed by atoms with van der Waals surface area (Å²) in [6.07, 6.45) is -1.73. The maximum atomic E-state index is 13.7. The molecule has 5 rings (SSSR count). The fourth-order valence-electron chi connectivity index (χ4n) is 4.31. The second kappa shape index (κ2) is 12.0. The number of nitrogens with zero attached hydrogens (tertiary/aromatic N) is 7. The highest BCUT2D eigenvalue weighted by Gasteiger charge is 2.37. The number of amides is 2. The van der Waals surface area contributed by atoms with Gasteiger partial charge < -0.3 is 15.4 Å². The van der Waals surface area contributed by atoms with Crippen LogP contribution in [-0.2, 0) is 17.5 Å². The molecule has 2 N–H and O–H groups in total. The van der Waals surface area contributed by atoms with E-state index in [4.69, 9.17) is 27.9 Å². The van der Waals surface area contributed by atoms with Gasteiger partial charge in [-0.1, -0.05) is 23.2 Å². The number of nitrogens with one attached hydrogen (secondary N) is 2. The molecule has 0 aliphatic carbocycles. The van der Waals surface area contributed by atoms with Crippen LogP contribution < -0.4 is 10.6 Å². The first kappa shape index (κ1) is 29.4. The largest absolute Gasteiger partial charge is 0.455 e. The van der Waals surface area contributed by atoms with E-state index < -0.39 is 23.8 Å². The summed E-state index contributed by atoms with van der Waals surface area (Å²) in [5, 5.41) is 20.1. The molecule has 1 aliphatic rings. The first-order chi connectivity index (χ1) is 20.0. The summed E-state index contributed by atoms with van der Waals surface area (Å²) >= 11 is 12.6. The molecule has 3 aromatic heterocycles. The standard InChI is InChI=1S/C25H22Cl2F3N9O3/c1-13-8-14(26)9-17(22(40)32-11-16-4-3-7-42-16)20(13)33-23(41)19-10-15(12-38-36-24(34-37-38)25(28,29)30)35-39(19)21-18(27)5-2-6-31-21/h2,5-6,8-10,16H,3-4,7,11-12H2,1H3,(H,32,40)(H,33,41). The second-order valence-corrected chi connectivity index (χ2v) is 10.2. The van der Waals surface area contributed by atoms with Gasteiger partial charge in [0, 0.05) is 24.4 Å². The zero-order valence-electron chi connectivity index (χ0n) is 21.8. The van der Waals surface area contributed by atoms with Gasteiger partial charge in [0.25, 0.3) is 17.6 Å². The minimum absolute atomic E-state index is 0.0816. The third kappa shape index (κ3) is 6.53. The lowest BCUT2D eigenvalue weighted by atomic mass is 10.1. The highest BCUT2D eigenvalue weighted by molar-refractivity contribution is 6.32. The van der Waals surface area contributed by atoms with Gasteiger partial charge in [0.1, 0.15) is 12.2 Å². The summed E-state index contributed by atoms with van der Waals surface area (Å²) in [5.74, 6) is -2.51. The van der Waals surface area contributed by atoms with Gasteiger partial charge in [-0.25, -0.2) is 9.67 Å². The van der Waals surface area contributed by atoms with Crippen molar-refractivity contribution in [3.63, 3.8) is 0 Å². The quantitative estimate of drug-likeness (QED) is 0.299. The van der Waals surface area contributed by atoms with Gasteiger partial charge in [0.05, 0.1) is 28.1 Å². The Morgan fingerprint density at radius 1 is 1.17 bits per heavy atom. The highest BCUT2D eigenvalue weighted by atomic mass is 35.5. The number of benzene rings is 1. The van der Waals surface area contributed by atoms with Crippen molar-refractivity contribution in [1.29, 1.82) is 0 Å². The van der Waals surface area contributed by atoms with Crippen molar-refractivity contribution in [2.75, 3.05) is 18.5 Å². The Kier molecular flexibility index (Phi) is 8.43. The number of alkyl halides is 3. The van der Waals surface area contributed by atoms with Crippen molar-refractivity contribution in [3.8, 4) is 5.82 Å². The van der Waals surface area contributed by atoms with Crippen LogP contribution in [0.4, 0.5) is 18.9 Å². The molecule has 4 aromatic rings. The molecule has 220 valence electrons. The first-order valence-electron chi connectivity index (χ1n) is 12.6. The van der Waals surface area contributed by atoms with Crippen LogP contribution in [0.5, 0.6) is 0 Å². The van der Waals surface area contributed by atoms with Gasteiger partial charge in [0.2, 0.25) is 0 Å². The Morgan fingerprint density at radius 3 is 2.67 bits per heavy atom. The SMILES string of the molecule is Cc1cc(Cl)cc(C(=O)NCC2CCCO2)c1NC(=O)c1cc(Cn2nnc(C(F)(F)F)n2)nn1-c1ncccc1Cl. The summed E-state index contributed by atoms with van der Waals surface area (Å²) in [4.78, 5) is 31.7. The lowest BCUT2D eigenvalue weighted by Crippen LogP contribution is -2.32. The van der Waals surface area contributed by atoms with E-state index in [1.165, 1.54) is 24.4 Å². The van der Waals surface area contributed by atoms with Gasteiger partial charge in [-0.3, -0.25) is 9.59 Å². The van der Waals surface area contributed by atoms with Gasteiger partial charge in [-0.2, -0.15) is 23.1 Å². The highest BCUT2D eigenvalue weighted by Crippen LogP contribution is 2.28. The Hall–Kier alpha value is -4.08. The molecule has 1 saturated heterocycles. The average molecular weight is 624 g/mol. The molecule has 1 fully saturated rings. The normalized spacial score (nSPS) is 15.1. The van der Waals surface area contributed by atoms with Crippen LogP contribution in [0.3, 0.4) is 0 Å². The Morgan fingerprint density at radius 2 is 1.98 bits per heavy atom. The second-order valence-electron chi connectivity index (χ2n) is 9.33. The molecular weight excluding hydrogens is 602 g/mol. The Bertz CT molecular complexity index is 1630. The molecular formula is C25H22Cl2F3N9O3. The van der Waals surface area contributed by atoms with E-state index >= 15 is 0 Å². The zero-order chi connectivity index (χ0) is 30.0. The number of carbonyl (C=O) groups is 2. The third-order valence-electron chi connectivity index (χ3n) is 6.24. The van der Waals surface area contributed by atoms with Crippen LogP contribution in [-0.4, -0.2) is 66.0 Å². The number of ether oxygens (including phenoxy) is 1. The van der Waals surface area contributed by atoms with E-state index in [2.05, 4.69) is 36.1 Å². The number of aromatic nitrogens is 7. The summed E-state index contributed by atoms with van der Waals surface area (Å²) in [5.41, 5.74) is 0.854. The lowest BCUT2D eigenvalue weighted by Gasteiger charge is -2.16. The van der Waals surface area contributed by atoms with Crippen LogP contribution >= 0.6 is 23.2 Å². The first-order valence-corrected chi connectivity index (χ1v) is 13.3. The predicted molar refractivity (Wildman–Crippen MR) is 144 cm³/mol. The monoisotopic (exact) mass is 623 g/mol. The smallest absolute Gasteiger partial charge is 0.376 e. The van der Waals surface area contributed by atoms with Crippen molar-refractivity contribution in [2.45, 2.75) is 38.6 Å². The summed E-state index contributed by atoms with van der Waals surface area (Å²) in [7, 11) is 0. The fraction of sp³-hybridized carbons (Fsp3) is 0.320. The third-order valence-corrected chi connectivity index (χ3v) is 6.75. The van der Waals surface area contributed by atoms with Crippen molar-refractivity contribution in [1.82, 2.24) is 40.3 Å². The van der Waals surface area contributed by atoms with Gasteiger partial charge in [0.15, 0.2) is 5.82 Å². The van der Waals surface area contributed by atoms with Crippen LogP contribution in [0.1, 0.15) is 50.8 Å². The van der Waals surface area contributed by atoms with E-state index in [-0.39, 0.29) is 46.1 Å². The van der Waals surface area contributed by atoms with E-state index in [9.17, 15) is 22.8 Å². The topological polar surface area (TPSA) is 142 Å². The molecule has 1 aromatic carbocycles. The lowest BCUT2D eigenvalue weighted by molar-refractivity contribution is -0.145. The maximum Gasteiger partial charge on any atom is 0.455 e. The molecule has 0 radical (unpaired) electrons. The van der Waals surface area contributed by atoms with Crippen LogP contribution in [0, 0.1) is 6.92 Å². The van der Waals surface area contributed by atoms with Gasteiger partial charge in [-0.05, 0) is 60.9 Å². The molecule has 42 heavy (non-hydrogen) atoms. The Labute approximate surface area is 246 Å². The minimum atomic E-state index is -4.78. The molecule has 1 atom stereocenters. The molecule has 0 saturated carbocycles. The van der Waals surface area contributed by atoms with E-state index in [0.29, 0.717) is 28.5 Å². The molecule has 0 bridgehead atoms. The molecule has 1 aliphatic heterocycles. The number of hydrogen-bond acceptors (Lipinski definition) is 8.